The number of aromatic nitrogens is 1. The lowest BCUT2D eigenvalue weighted by atomic mass is 9.95. The highest BCUT2D eigenvalue weighted by Crippen LogP contribution is 2.21. The summed E-state index contributed by atoms with van der Waals surface area (Å²) in [6, 6.07) is 4.87. The van der Waals surface area contributed by atoms with Crippen molar-refractivity contribution >= 4 is 0 Å². The van der Waals surface area contributed by atoms with Crippen LogP contribution in [0.25, 0.3) is 0 Å². The minimum absolute atomic E-state index is 0.347. The summed E-state index contributed by atoms with van der Waals surface area (Å²) in [6.07, 6.45) is 5.78. The van der Waals surface area contributed by atoms with Crippen molar-refractivity contribution in [3.8, 4) is 0 Å². The summed E-state index contributed by atoms with van der Waals surface area (Å²) in [6.45, 7) is 1.02. The van der Waals surface area contributed by atoms with E-state index >= 15 is 0 Å². The molecule has 0 spiro atoms. The molecule has 0 bridgehead atoms. The first-order chi connectivity index (χ1) is 6.36. The molecule has 0 unspecified atom stereocenters. The van der Waals surface area contributed by atoms with E-state index in [2.05, 4.69) is 22.4 Å². The Balaban J connectivity index is 2.08. The molecule has 2 heterocycles. The number of hydrogen-bond acceptors (Lipinski definition) is 3. The Morgan fingerprint density at radius 3 is 2.85 bits per heavy atom. The van der Waals surface area contributed by atoms with Crippen molar-refractivity contribution < 1.29 is 0 Å². The van der Waals surface area contributed by atoms with Gasteiger partial charge in [0, 0.05) is 24.5 Å². The maximum Gasteiger partial charge on any atom is 0.0336 e. The summed E-state index contributed by atoms with van der Waals surface area (Å²) in [4.78, 5) is 4.00. The lowest BCUT2D eigenvalue weighted by Crippen LogP contribution is -2.38. The molecule has 13 heavy (non-hydrogen) atoms. The van der Waals surface area contributed by atoms with E-state index in [0.29, 0.717) is 12.1 Å². The minimum atomic E-state index is 0.347. The third-order valence-corrected chi connectivity index (χ3v) is 2.55. The molecule has 1 saturated heterocycles. The zero-order valence-corrected chi connectivity index (χ0v) is 7.61. The summed E-state index contributed by atoms with van der Waals surface area (Å²) in [5, 5.41) is 3.46. The molecule has 2 atom stereocenters. The maximum absolute atomic E-state index is 5.91. The predicted molar refractivity (Wildman–Crippen MR) is 52.2 cm³/mol. The SMILES string of the molecule is N[C@@H]1CCN[C@H](c2ccncc2)C1. The monoisotopic (exact) mass is 177 g/mol. The molecule has 0 saturated carbocycles. The van der Waals surface area contributed by atoms with Crippen molar-refractivity contribution in [2.45, 2.75) is 24.9 Å². The molecule has 3 heteroatoms. The highest BCUT2D eigenvalue weighted by molar-refractivity contribution is 5.16. The van der Waals surface area contributed by atoms with Gasteiger partial charge in [-0.15, -0.1) is 0 Å². The van der Waals surface area contributed by atoms with Gasteiger partial charge in [0.05, 0.1) is 0 Å². The molecule has 3 N–H and O–H groups in total. The van der Waals surface area contributed by atoms with E-state index in [1.807, 2.05) is 12.4 Å². The second kappa shape index (κ2) is 3.85. The van der Waals surface area contributed by atoms with Crippen molar-refractivity contribution in [1.82, 2.24) is 10.3 Å². The number of nitrogens with zero attached hydrogens (tertiary/aromatic N) is 1. The van der Waals surface area contributed by atoms with Crippen molar-refractivity contribution in [2.24, 2.45) is 5.73 Å². The third kappa shape index (κ3) is 2.05. The fourth-order valence-corrected chi connectivity index (χ4v) is 1.80. The summed E-state index contributed by atoms with van der Waals surface area (Å²) < 4.78 is 0. The van der Waals surface area contributed by atoms with Gasteiger partial charge in [0.1, 0.15) is 0 Å². The molecule has 0 amide bonds. The minimum Gasteiger partial charge on any atom is -0.328 e. The van der Waals surface area contributed by atoms with Crippen LogP contribution in [0.2, 0.25) is 0 Å². The van der Waals surface area contributed by atoms with Crippen LogP contribution >= 0.6 is 0 Å². The summed E-state index contributed by atoms with van der Waals surface area (Å²) in [5.74, 6) is 0. The normalized spacial score (nSPS) is 28.7. The predicted octanol–water partition coefficient (Wildman–Crippen LogP) is 0.833. The van der Waals surface area contributed by atoms with E-state index in [1.54, 1.807) is 0 Å². The van der Waals surface area contributed by atoms with E-state index in [0.717, 1.165) is 19.4 Å². The van der Waals surface area contributed by atoms with Crippen LogP contribution in [-0.2, 0) is 0 Å². The fourth-order valence-electron chi connectivity index (χ4n) is 1.80. The molecule has 1 fully saturated rings. The van der Waals surface area contributed by atoms with Gasteiger partial charge in [0.25, 0.3) is 0 Å². The Morgan fingerprint density at radius 2 is 2.15 bits per heavy atom. The van der Waals surface area contributed by atoms with Crippen molar-refractivity contribution in [2.75, 3.05) is 6.54 Å². The van der Waals surface area contributed by atoms with Crippen LogP contribution in [0.3, 0.4) is 0 Å². The lowest BCUT2D eigenvalue weighted by Gasteiger charge is -2.28. The summed E-state index contributed by atoms with van der Waals surface area (Å²) >= 11 is 0. The summed E-state index contributed by atoms with van der Waals surface area (Å²) in [5.41, 5.74) is 7.20. The molecule has 3 nitrogen and oxygen atoms in total. The van der Waals surface area contributed by atoms with Crippen LogP contribution in [0.5, 0.6) is 0 Å². The summed E-state index contributed by atoms with van der Waals surface area (Å²) in [7, 11) is 0. The molecule has 0 aliphatic carbocycles. The van der Waals surface area contributed by atoms with E-state index in [9.17, 15) is 0 Å². The molecule has 1 aromatic rings. The molecule has 1 aliphatic heterocycles. The zero-order valence-electron chi connectivity index (χ0n) is 7.61. The third-order valence-electron chi connectivity index (χ3n) is 2.55. The second-order valence-corrected chi connectivity index (χ2v) is 3.57. The average molecular weight is 177 g/mol. The fraction of sp³-hybridized carbons (Fsp3) is 0.500. The Hall–Kier alpha value is -0.930. The highest BCUT2D eigenvalue weighted by Gasteiger charge is 2.19. The smallest absolute Gasteiger partial charge is 0.0336 e. The van der Waals surface area contributed by atoms with Crippen LogP contribution in [0.15, 0.2) is 24.5 Å². The number of pyridine rings is 1. The molecular formula is C10H15N3. The van der Waals surface area contributed by atoms with Gasteiger partial charge in [-0.05, 0) is 37.1 Å². The van der Waals surface area contributed by atoms with Crippen molar-refractivity contribution in [3.05, 3.63) is 30.1 Å². The van der Waals surface area contributed by atoms with Crippen molar-refractivity contribution in [3.63, 3.8) is 0 Å². The van der Waals surface area contributed by atoms with Crippen LogP contribution in [0, 0.1) is 0 Å². The quantitative estimate of drug-likeness (QED) is 0.668. The van der Waals surface area contributed by atoms with Gasteiger partial charge in [0.2, 0.25) is 0 Å². The molecule has 0 radical (unpaired) electrons. The number of piperidine rings is 1. The number of hydrogen-bond donors (Lipinski definition) is 2. The molecule has 1 aliphatic rings. The first-order valence-electron chi connectivity index (χ1n) is 4.75. The van der Waals surface area contributed by atoms with Gasteiger partial charge in [-0.1, -0.05) is 0 Å². The maximum atomic E-state index is 5.91. The molecular weight excluding hydrogens is 162 g/mol. The van der Waals surface area contributed by atoms with Crippen LogP contribution in [-0.4, -0.2) is 17.6 Å². The van der Waals surface area contributed by atoms with E-state index in [4.69, 9.17) is 5.73 Å². The van der Waals surface area contributed by atoms with Crippen LogP contribution < -0.4 is 11.1 Å². The Labute approximate surface area is 78.4 Å². The van der Waals surface area contributed by atoms with Gasteiger partial charge < -0.3 is 11.1 Å². The average Bonchev–Trinajstić information content (AvgIpc) is 2.19. The number of nitrogens with one attached hydrogen (secondary N) is 1. The van der Waals surface area contributed by atoms with Gasteiger partial charge in [-0.2, -0.15) is 0 Å². The van der Waals surface area contributed by atoms with Crippen LogP contribution in [0.4, 0.5) is 0 Å². The second-order valence-electron chi connectivity index (χ2n) is 3.57. The zero-order chi connectivity index (χ0) is 9.10. The Bertz CT molecular complexity index is 260. The molecule has 0 aromatic carbocycles. The van der Waals surface area contributed by atoms with E-state index < -0.39 is 0 Å². The first-order valence-corrected chi connectivity index (χ1v) is 4.75. The first kappa shape index (κ1) is 8.66. The number of nitrogens with two attached hydrogens (primary N) is 1. The molecule has 70 valence electrons. The lowest BCUT2D eigenvalue weighted by molar-refractivity contribution is 0.369. The van der Waals surface area contributed by atoms with Gasteiger partial charge >= 0.3 is 0 Å². The van der Waals surface area contributed by atoms with Gasteiger partial charge in [-0.25, -0.2) is 0 Å². The topological polar surface area (TPSA) is 50.9 Å². The number of rotatable bonds is 1. The standard InChI is InChI=1S/C10H15N3/c11-9-3-6-13-10(7-9)8-1-4-12-5-2-8/h1-2,4-5,9-10,13H,3,6-7,11H2/t9-,10+/m1/s1. The van der Waals surface area contributed by atoms with E-state index in [1.165, 1.54) is 5.56 Å². The van der Waals surface area contributed by atoms with Crippen molar-refractivity contribution in [1.29, 1.82) is 0 Å². The molecule has 2 rings (SSSR count). The highest BCUT2D eigenvalue weighted by atomic mass is 14.9. The molecule has 1 aromatic heterocycles. The Kier molecular flexibility index (Phi) is 2.57. The Morgan fingerprint density at radius 1 is 1.38 bits per heavy atom. The van der Waals surface area contributed by atoms with Gasteiger partial charge in [0.15, 0.2) is 0 Å². The van der Waals surface area contributed by atoms with Crippen LogP contribution in [0.1, 0.15) is 24.4 Å². The largest absolute Gasteiger partial charge is 0.328 e. The van der Waals surface area contributed by atoms with Gasteiger partial charge in [-0.3, -0.25) is 4.98 Å². The van der Waals surface area contributed by atoms with E-state index in [-0.39, 0.29) is 0 Å².